The van der Waals surface area contributed by atoms with Crippen LogP contribution in [-0.4, -0.2) is 25.1 Å². The molecule has 0 radical (unpaired) electrons. The van der Waals surface area contributed by atoms with E-state index in [1.54, 1.807) is 26.2 Å². The van der Waals surface area contributed by atoms with Crippen LogP contribution >= 0.6 is 12.4 Å². The standard InChI is InChI=1S/C9H11NO2.ClH/c1-10(2)9(11)12-8-6-4-3-5-7-8;/h3-7H,1-2H3;1H. The molecule has 3 nitrogen and oxygen atoms in total. The fourth-order valence-corrected chi connectivity index (χ4v) is 0.681. The van der Waals surface area contributed by atoms with Crippen LogP contribution in [0.2, 0.25) is 0 Å². The summed E-state index contributed by atoms with van der Waals surface area (Å²) in [4.78, 5) is 12.4. The van der Waals surface area contributed by atoms with Gasteiger partial charge < -0.3 is 9.64 Å². The molecule has 4 heteroatoms. The normalized spacial score (nSPS) is 8.46. The first kappa shape index (κ1) is 11.8. The van der Waals surface area contributed by atoms with Crippen molar-refractivity contribution in [2.45, 2.75) is 0 Å². The monoisotopic (exact) mass is 201 g/mol. The van der Waals surface area contributed by atoms with Gasteiger partial charge in [-0.05, 0) is 12.1 Å². The molecule has 72 valence electrons. The molecule has 0 aliphatic carbocycles. The Morgan fingerprint density at radius 1 is 1.23 bits per heavy atom. The molecule has 0 atom stereocenters. The number of hydrogen-bond acceptors (Lipinski definition) is 2. The number of halogens is 1. The summed E-state index contributed by atoms with van der Waals surface area (Å²) in [6, 6.07) is 8.98. The van der Waals surface area contributed by atoms with Crippen molar-refractivity contribution in [3.05, 3.63) is 30.3 Å². The molecule has 1 amide bonds. The molecular weight excluding hydrogens is 190 g/mol. The lowest BCUT2D eigenvalue weighted by molar-refractivity contribution is 0.172. The van der Waals surface area contributed by atoms with E-state index in [0.717, 1.165) is 0 Å². The van der Waals surface area contributed by atoms with Gasteiger partial charge >= 0.3 is 6.09 Å². The summed E-state index contributed by atoms with van der Waals surface area (Å²) in [7, 11) is 3.29. The highest BCUT2D eigenvalue weighted by Gasteiger charge is 2.04. The van der Waals surface area contributed by atoms with Gasteiger partial charge in [0.15, 0.2) is 0 Å². The molecule has 0 aliphatic rings. The van der Waals surface area contributed by atoms with Crippen LogP contribution in [0.1, 0.15) is 0 Å². The number of benzene rings is 1. The van der Waals surface area contributed by atoms with E-state index in [9.17, 15) is 4.79 Å². The summed E-state index contributed by atoms with van der Waals surface area (Å²) in [5.74, 6) is 0.566. The molecule has 0 bridgehead atoms. The Hall–Kier alpha value is -1.22. The average Bonchev–Trinajstić information content (AvgIpc) is 2.06. The van der Waals surface area contributed by atoms with Gasteiger partial charge in [-0.1, -0.05) is 18.2 Å². The zero-order valence-corrected chi connectivity index (χ0v) is 8.38. The Morgan fingerprint density at radius 2 is 1.77 bits per heavy atom. The third kappa shape index (κ3) is 3.80. The summed E-state index contributed by atoms with van der Waals surface area (Å²) < 4.78 is 4.96. The van der Waals surface area contributed by atoms with Crippen molar-refractivity contribution in [3.8, 4) is 5.75 Å². The summed E-state index contributed by atoms with van der Waals surface area (Å²) >= 11 is 0. The van der Waals surface area contributed by atoms with E-state index in [2.05, 4.69) is 0 Å². The first-order valence-electron chi connectivity index (χ1n) is 3.64. The van der Waals surface area contributed by atoms with Gasteiger partial charge in [-0.15, -0.1) is 12.4 Å². The predicted octanol–water partition coefficient (Wildman–Crippen LogP) is 2.17. The van der Waals surface area contributed by atoms with Gasteiger partial charge in [-0.3, -0.25) is 0 Å². The van der Waals surface area contributed by atoms with Gasteiger partial charge in [0.05, 0.1) is 0 Å². The predicted molar refractivity (Wildman–Crippen MR) is 53.4 cm³/mol. The van der Waals surface area contributed by atoms with Gasteiger partial charge in [-0.2, -0.15) is 0 Å². The highest BCUT2D eigenvalue weighted by molar-refractivity contribution is 5.85. The maximum absolute atomic E-state index is 11.0. The summed E-state index contributed by atoms with van der Waals surface area (Å²) in [5, 5.41) is 0. The van der Waals surface area contributed by atoms with Crippen LogP contribution in [0.4, 0.5) is 4.79 Å². The van der Waals surface area contributed by atoms with Crippen LogP contribution < -0.4 is 4.74 Å². The van der Waals surface area contributed by atoms with Gasteiger partial charge in [0.2, 0.25) is 0 Å². The fourth-order valence-electron chi connectivity index (χ4n) is 0.681. The first-order chi connectivity index (χ1) is 5.70. The topological polar surface area (TPSA) is 29.5 Å². The second kappa shape index (κ2) is 5.43. The van der Waals surface area contributed by atoms with E-state index < -0.39 is 0 Å². The molecule has 0 aliphatic heterocycles. The average molecular weight is 202 g/mol. The lowest BCUT2D eigenvalue weighted by Crippen LogP contribution is -2.25. The second-order valence-corrected chi connectivity index (χ2v) is 2.58. The molecule has 0 fully saturated rings. The van der Waals surface area contributed by atoms with Crippen LogP contribution in [0.15, 0.2) is 30.3 Å². The maximum atomic E-state index is 11.0. The second-order valence-electron chi connectivity index (χ2n) is 2.58. The minimum atomic E-state index is -0.360. The molecule has 0 aromatic heterocycles. The van der Waals surface area contributed by atoms with Crippen molar-refractivity contribution in [1.82, 2.24) is 4.90 Å². The smallest absolute Gasteiger partial charge is 0.410 e. The molecule has 1 aromatic carbocycles. The molecule has 0 unspecified atom stereocenters. The SMILES string of the molecule is CN(C)C(=O)Oc1ccccc1.Cl. The highest BCUT2D eigenvalue weighted by Crippen LogP contribution is 2.08. The molecule has 1 rings (SSSR count). The van der Waals surface area contributed by atoms with Crippen LogP contribution in [0, 0.1) is 0 Å². The quantitative estimate of drug-likeness (QED) is 0.697. The number of carbonyl (C=O) groups is 1. The number of ether oxygens (including phenoxy) is 1. The van der Waals surface area contributed by atoms with E-state index in [-0.39, 0.29) is 18.5 Å². The fraction of sp³-hybridized carbons (Fsp3) is 0.222. The molecule has 0 saturated carbocycles. The molecular formula is C9H12ClNO2. The van der Waals surface area contributed by atoms with E-state index in [0.29, 0.717) is 5.75 Å². The highest BCUT2D eigenvalue weighted by atomic mass is 35.5. The number of carbonyl (C=O) groups excluding carboxylic acids is 1. The summed E-state index contributed by atoms with van der Waals surface area (Å²) in [6.45, 7) is 0. The van der Waals surface area contributed by atoms with E-state index in [1.807, 2.05) is 18.2 Å². The largest absolute Gasteiger partial charge is 0.414 e. The third-order valence-electron chi connectivity index (χ3n) is 1.31. The molecule has 0 saturated heterocycles. The van der Waals surface area contributed by atoms with E-state index in [1.165, 1.54) is 4.90 Å². The number of nitrogens with zero attached hydrogens (tertiary/aromatic N) is 1. The minimum Gasteiger partial charge on any atom is -0.410 e. The van der Waals surface area contributed by atoms with Crippen molar-refractivity contribution in [2.75, 3.05) is 14.1 Å². The summed E-state index contributed by atoms with van der Waals surface area (Å²) in [5.41, 5.74) is 0. The Labute approximate surface area is 83.7 Å². The Morgan fingerprint density at radius 3 is 2.23 bits per heavy atom. The van der Waals surface area contributed by atoms with Crippen molar-refractivity contribution in [3.63, 3.8) is 0 Å². The number of amides is 1. The maximum Gasteiger partial charge on any atom is 0.414 e. The van der Waals surface area contributed by atoms with Gasteiger partial charge in [0.25, 0.3) is 0 Å². The molecule has 13 heavy (non-hydrogen) atoms. The van der Waals surface area contributed by atoms with E-state index in [4.69, 9.17) is 4.74 Å². The van der Waals surface area contributed by atoms with Gasteiger partial charge in [0, 0.05) is 14.1 Å². The first-order valence-corrected chi connectivity index (χ1v) is 3.64. The molecule has 0 heterocycles. The minimum absolute atomic E-state index is 0. The van der Waals surface area contributed by atoms with Crippen molar-refractivity contribution in [2.24, 2.45) is 0 Å². The van der Waals surface area contributed by atoms with Crippen LogP contribution in [0.3, 0.4) is 0 Å². The Kier molecular flexibility index (Phi) is 4.92. The molecule has 0 spiro atoms. The van der Waals surface area contributed by atoms with Crippen molar-refractivity contribution < 1.29 is 9.53 Å². The van der Waals surface area contributed by atoms with Gasteiger partial charge in [0.1, 0.15) is 5.75 Å². The van der Waals surface area contributed by atoms with Crippen molar-refractivity contribution in [1.29, 1.82) is 0 Å². The molecule has 0 N–H and O–H groups in total. The number of rotatable bonds is 1. The zero-order valence-electron chi connectivity index (χ0n) is 7.56. The summed E-state index contributed by atoms with van der Waals surface area (Å²) in [6.07, 6.45) is -0.360. The van der Waals surface area contributed by atoms with Crippen LogP contribution in [0.25, 0.3) is 0 Å². The lowest BCUT2D eigenvalue weighted by atomic mass is 10.3. The third-order valence-corrected chi connectivity index (χ3v) is 1.31. The number of hydrogen-bond donors (Lipinski definition) is 0. The van der Waals surface area contributed by atoms with Crippen LogP contribution in [0.5, 0.6) is 5.75 Å². The van der Waals surface area contributed by atoms with E-state index >= 15 is 0 Å². The van der Waals surface area contributed by atoms with Crippen molar-refractivity contribution >= 4 is 18.5 Å². The van der Waals surface area contributed by atoms with Gasteiger partial charge in [-0.25, -0.2) is 4.79 Å². The molecule has 1 aromatic rings. The zero-order chi connectivity index (χ0) is 8.97. The van der Waals surface area contributed by atoms with Crippen LogP contribution in [-0.2, 0) is 0 Å². The lowest BCUT2D eigenvalue weighted by Gasteiger charge is -2.09. The Bertz CT molecular complexity index is 262. The Balaban J connectivity index is 0.00000144. The number of para-hydroxylation sites is 1.